The maximum Gasteiger partial charge on any atom is 0.0423 e. The summed E-state index contributed by atoms with van der Waals surface area (Å²) < 4.78 is 0. The quantitative estimate of drug-likeness (QED) is 0.741. The first-order valence-corrected chi connectivity index (χ1v) is 6.83. The second kappa shape index (κ2) is 7.42. The largest absolute Gasteiger partial charge is 0.373 e. The van der Waals surface area contributed by atoms with Crippen molar-refractivity contribution < 1.29 is 0 Å². The average Bonchev–Trinajstić information content (AvgIpc) is 2.47. The first-order valence-electron chi connectivity index (χ1n) is 6.83. The average molecular weight is 251 g/mol. The summed E-state index contributed by atoms with van der Waals surface area (Å²) in [5.74, 6) is 0. The molecule has 0 aliphatic rings. The molecule has 19 heavy (non-hydrogen) atoms. The highest BCUT2D eigenvalue weighted by molar-refractivity contribution is 5.16. The van der Waals surface area contributed by atoms with Crippen LogP contribution in [-0.4, -0.2) is 11.4 Å². The smallest absolute Gasteiger partial charge is 0.0423 e. The Hall–Kier alpha value is -2.02. The van der Waals surface area contributed by atoms with E-state index in [4.69, 9.17) is 0 Å². The molecular formula is C18H21N. The third-order valence-corrected chi connectivity index (χ3v) is 3.12. The molecule has 0 atom stereocenters. The number of benzene rings is 2. The van der Waals surface area contributed by atoms with Crippen molar-refractivity contribution in [2.45, 2.75) is 19.9 Å². The standard InChI is InChI=1S/C18H21N/c1-2-14-19(16-18-11-7-4-8-12-18)15-13-17-9-5-3-6-10-17/h2-12,14H,13,15-16H2,1H3/b14-2+. The van der Waals surface area contributed by atoms with Crippen LogP contribution in [-0.2, 0) is 13.0 Å². The van der Waals surface area contributed by atoms with E-state index in [1.165, 1.54) is 11.1 Å². The molecule has 0 spiro atoms. The normalized spacial score (nSPS) is 10.8. The SMILES string of the molecule is C/C=C/N(CCc1ccccc1)Cc1ccccc1. The molecule has 2 rings (SSSR count). The van der Waals surface area contributed by atoms with Gasteiger partial charge in [-0.2, -0.15) is 0 Å². The van der Waals surface area contributed by atoms with Gasteiger partial charge in [-0.05, 0) is 30.7 Å². The summed E-state index contributed by atoms with van der Waals surface area (Å²) in [6.45, 7) is 4.09. The number of hydrogen-bond acceptors (Lipinski definition) is 1. The molecule has 0 saturated heterocycles. The van der Waals surface area contributed by atoms with E-state index in [0.29, 0.717) is 0 Å². The van der Waals surface area contributed by atoms with Gasteiger partial charge in [0.15, 0.2) is 0 Å². The van der Waals surface area contributed by atoms with Crippen LogP contribution in [0.5, 0.6) is 0 Å². The van der Waals surface area contributed by atoms with Gasteiger partial charge in [-0.25, -0.2) is 0 Å². The van der Waals surface area contributed by atoms with Crippen LogP contribution in [0.1, 0.15) is 18.1 Å². The van der Waals surface area contributed by atoms with Gasteiger partial charge in [0.2, 0.25) is 0 Å². The van der Waals surface area contributed by atoms with Gasteiger partial charge in [0.1, 0.15) is 0 Å². The fourth-order valence-corrected chi connectivity index (χ4v) is 2.15. The molecule has 0 N–H and O–H groups in total. The van der Waals surface area contributed by atoms with E-state index in [1.807, 2.05) is 0 Å². The molecule has 2 aromatic rings. The minimum Gasteiger partial charge on any atom is -0.373 e. The van der Waals surface area contributed by atoms with Crippen molar-refractivity contribution in [3.05, 3.63) is 84.1 Å². The lowest BCUT2D eigenvalue weighted by Crippen LogP contribution is -2.19. The molecule has 0 bridgehead atoms. The third kappa shape index (κ3) is 4.63. The van der Waals surface area contributed by atoms with Crippen LogP contribution < -0.4 is 0 Å². The first-order chi connectivity index (χ1) is 9.38. The third-order valence-electron chi connectivity index (χ3n) is 3.12. The Morgan fingerprint density at radius 3 is 2.00 bits per heavy atom. The van der Waals surface area contributed by atoms with Crippen molar-refractivity contribution in [1.29, 1.82) is 0 Å². The number of hydrogen-bond donors (Lipinski definition) is 0. The molecule has 0 unspecified atom stereocenters. The highest BCUT2D eigenvalue weighted by Gasteiger charge is 2.01. The molecule has 1 heteroatoms. The van der Waals surface area contributed by atoms with Crippen LogP contribution >= 0.6 is 0 Å². The Kier molecular flexibility index (Phi) is 5.24. The predicted molar refractivity (Wildman–Crippen MR) is 81.8 cm³/mol. The molecule has 2 aromatic carbocycles. The summed E-state index contributed by atoms with van der Waals surface area (Å²) in [4.78, 5) is 2.36. The molecule has 98 valence electrons. The van der Waals surface area contributed by atoms with Gasteiger partial charge in [0.25, 0.3) is 0 Å². The van der Waals surface area contributed by atoms with Crippen molar-refractivity contribution in [3.63, 3.8) is 0 Å². The predicted octanol–water partition coefficient (Wildman–Crippen LogP) is 4.26. The van der Waals surface area contributed by atoms with E-state index in [1.54, 1.807) is 0 Å². The Morgan fingerprint density at radius 2 is 1.42 bits per heavy atom. The monoisotopic (exact) mass is 251 g/mol. The molecule has 0 heterocycles. The lowest BCUT2D eigenvalue weighted by molar-refractivity contribution is 0.373. The number of rotatable bonds is 6. The molecule has 0 saturated carbocycles. The van der Waals surface area contributed by atoms with Gasteiger partial charge < -0.3 is 4.90 Å². The van der Waals surface area contributed by atoms with Gasteiger partial charge in [0, 0.05) is 13.1 Å². The Balaban J connectivity index is 1.93. The van der Waals surface area contributed by atoms with Crippen LogP contribution in [0.4, 0.5) is 0 Å². The maximum atomic E-state index is 2.36. The summed E-state index contributed by atoms with van der Waals surface area (Å²) in [5, 5.41) is 0. The Morgan fingerprint density at radius 1 is 0.842 bits per heavy atom. The van der Waals surface area contributed by atoms with Crippen molar-refractivity contribution in [1.82, 2.24) is 4.90 Å². The van der Waals surface area contributed by atoms with Gasteiger partial charge in [-0.1, -0.05) is 66.7 Å². The zero-order valence-corrected chi connectivity index (χ0v) is 11.5. The van der Waals surface area contributed by atoms with E-state index < -0.39 is 0 Å². The van der Waals surface area contributed by atoms with Crippen molar-refractivity contribution in [2.24, 2.45) is 0 Å². The second-order valence-corrected chi connectivity index (χ2v) is 4.67. The van der Waals surface area contributed by atoms with E-state index in [9.17, 15) is 0 Å². The molecule has 1 nitrogen and oxygen atoms in total. The fourth-order valence-electron chi connectivity index (χ4n) is 2.15. The molecule has 0 aliphatic carbocycles. The molecule has 0 fully saturated rings. The summed E-state index contributed by atoms with van der Waals surface area (Å²) in [5.41, 5.74) is 2.75. The summed E-state index contributed by atoms with van der Waals surface area (Å²) >= 11 is 0. The van der Waals surface area contributed by atoms with Gasteiger partial charge in [-0.3, -0.25) is 0 Å². The second-order valence-electron chi connectivity index (χ2n) is 4.67. The van der Waals surface area contributed by atoms with Crippen LogP contribution in [0.3, 0.4) is 0 Å². The minimum atomic E-state index is 0.970. The molecule has 0 aliphatic heterocycles. The topological polar surface area (TPSA) is 3.24 Å². The Labute approximate surface area is 116 Å². The van der Waals surface area contributed by atoms with Crippen molar-refractivity contribution >= 4 is 0 Å². The van der Waals surface area contributed by atoms with Gasteiger partial charge >= 0.3 is 0 Å². The Bertz CT molecular complexity index is 488. The highest BCUT2D eigenvalue weighted by atomic mass is 15.1. The molecule has 0 radical (unpaired) electrons. The van der Waals surface area contributed by atoms with Gasteiger partial charge in [-0.15, -0.1) is 0 Å². The van der Waals surface area contributed by atoms with E-state index in [-0.39, 0.29) is 0 Å². The molecule has 0 aromatic heterocycles. The zero-order chi connectivity index (χ0) is 13.3. The highest BCUT2D eigenvalue weighted by Crippen LogP contribution is 2.07. The summed E-state index contributed by atoms with van der Waals surface area (Å²) in [6, 6.07) is 21.3. The van der Waals surface area contributed by atoms with Crippen molar-refractivity contribution in [3.8, 4) is 0 Å². The lowest BCUT2D eigenvalue weighted by Gasteiger charge is -2.20. The van der Waals surface area contributed by atoms with Crippen molar-refractivity contribution in [2.75, 3.05) is 6.54 Å². The van der Waals surface area contributed by atoms with Crippen LogP contribution in [0, 0.1) is 0 Å². The molecule has 0 amide bonds. The van der Waals surface area contributed by atoms with Gasteiger partial charge in [0.05, 0.1) is 0 Å². The summed E-state index contributed by atoms with van der Waals surface area (Å²) in [7, 11) is 0. The van der Waals surface area contributed by atoms with Crippen LogP contribution in [0.15, 0.2) is 72.9 Å². The van der Waals surface area contributed by atoms with E-state index in [0.717, 1.165) is 19.5 Å². The van der Waals surface area contributed by atoms with Crippen LogP contribution in [0.2, 0.25) is 0 Å². The fraction of sp³-hybridized carbons (Fsp3) is 0.222. The zero-order valence-electron chi connectivity index (χ0n) is 11.5. The van der Waals surface area contributed by atoms with Crippen LogP contribution in [0.25, 0.3) is 0 Å². The molecular weight excluding hydrogens is 230 g/mol. The number of nitrogens with zero attached hydrogens (tertiary/aromatic N) is 1. The summed E-state index contributed by atoms with van der Waals surface area (Å²) in [6.07, 6.45) is 5.36. The maximum absolute atomic E-state index is 2.36. The van der Waals surface area contributed by atoms with E-state index in [2.05, 4.69) is 84.8 Å². The first kappa shape index (κ1) is 13.4. The number of allylic oxidation sites excluding steroid dienone is 1. The van der Waals surface area contributed by atoms with E-state index >= 15 is 0 Å². The lowest BCUT2D eigenvalue weighted by atomic mass is 10.1. The minimum absolute atomic E-state index is 0.970.